The molecule has 0 saturated carbocycles. The van der Waals surface area contributed by atoms with Crippen LogP contribution >= 0.6 is 27.5 Å². The van der Waals surface area contributed by atoms with E-state index in [0.717, 1.165) is 26.5 Å². The average Bonchev–Trinajstić information content (AvgIpc) is 2.62. The average molecular weight is 432 g/mol. The molecule has 0 aromatic heterocycles. The fourth-order valence-corrected chi connectivity index (χ4v) is 4.21. The maximum Gasteiger partial charge on any atom is 0.288 e. The van der Waals surface area contributed by atoms with Crippen LogP contribution in [0.15, 0.2) is 53.0 Å². The Balaban J connectivity index is 1.95. The maximum atomic E-state index is 12.3. The number of hydrogen-bond acceptors (Lipinski definition) is 3. The molecule has 1 atom stereocenters. The number of nitro groups is 1. The summed E-state index contributed by atoms with van der Waals surface area (Å²) in [5.74, 6) is -0.400. The molecular weight excluding hydrogens is 420 g/mol. The molecule has 0 fully saturated rings. The predicted molar refractivity (Wildman–Crippen MR) is 105 cm³/mol. The first-order valence-corrected chi connectivity index (χ1v) is 9.07. The molecule has 5 nitrogen and oxygen atoms in total. The minimum Gasteiger partial charge on any atom is -0.325 e. The number of amides is 1. The Labute approximate surface area is 162 Å². The van der Waals surface area contributed by atoms with E-state index in [-0.39, 0.29) is 29.0 Å². The van der Waals surface area contributed by atoms with Gasteiger partial charge in [-0.2, -0.15) is 0 Å². The van der Waals surface area contributed by atoms with E-state index in [0.29, 0.717) is 5.56 Å². The van der Waals surface area contributed by atoms with Crippen LogP contribution < -0.4 is 5.32 Å². The Hall–Kier alpha value is -2.44. The van der Waals surface area contributed by atoms with E-state index in [1.54, 1.807) is 6.07 Å². The van der Waals surface area contributed by atoms with E-state index in [1.165, 1.54) is 12.1 Å². The second-order valence-electron chi connectivity index (χ2n) is 6.14. The summed E-state index contributed by atoms with van der Waals surface area (Å²) in [7, 11) is 0. The molecule has 1 heterocycles. The number of anilines is 1. The second kappa shape index (κ2) is 6.37. The zero-order valence-electron chi connectivity index (χ0n) is 13.3. The Morgan fingerprint density at radius 2 is 1.88 bits per heavy atom. The van der Waals surface area contributed by atoms with Crippen LogP contribution in [0.5, 0.6) is 0 Å². The highest BCUT2D eigenvalue weighted by molar-refractivity contribution is 9.10. The van der Waals surface area contributed by atoms with E-state index in [1.807, 2.05) is 30.3 Å². The molecule has 3 aromatic carbocycles. The van der Waals surface area contributed by atoms with Crippen LogP contribution in [0, 0.1) is 10.1 Å². The zero-order valence-corrected chi connectivity index (χ0v) is 15.7. The quantitative estimate of drug-likeness (QED) is 0.422. The van der Waals surface area contributed by atoms with Gasteiger partial charge in [0.1, 0.15) is 5.02 Å². The number of carbonyl (C=O) groups is 1. The molecule has 4 rings (SSSR count). The summed E-state index contributed by atoms with van der Waals surface area (Å²) in [5.41, 5.74) is 2.21. The minimum absolute atomic E-state index is 0.0823. The van der Waals surface area contributed by atoms with Gasteiger partial charge in [0, 0.05) is 28.3 Å². The molecule has 0 saturated heterocycles. The molecular formula is C19H12BrClN2O3. The Kier molecular flexibility index (Phi) is 4.17. The lowest BCUT2D eigenvalue weighted by Crippen LogP contribution is -2.24. The number of benzene rings is 3. The molecule has 1 aliphatic heterocycles. The van der Waals surface area contributed by atoms with E-state index in [4.69, 9.17) is 11.6 Å². The van der Waals surface area contributed by atoms with Crippen molar-refractivity contribution < 1.29 is 9.72 Å². The number of hydrogen-bond donors (Lipinski definition) is 1. The molecule has 1 aliphatic rings. The van der Waals surface area contributed by atoms with Crippen molar-refractivity contribution in [2.24, 2.45) is 0 Å². The summed E-state index contributed by atoms with van der Waals surface area (Å²) in [5, 5.41) is 16.2. The number of fused-ring (bicyclic) bond motifs is 3. The summed E-state index contributed by atoms with van der Waals surface area (Å²) in [4.78, 5) is 23.1. The molecule has 26 heavy (non-hydrogen) atoms. The van der Waals surface area contributed by atoms with Crippen molar-refractivity contribution in [3.8, 4) is 0 Å². The van der Waals surface area contributed by atoms with Gasteiger partial charge in [-0.1, -0.05) is 57.9 Å². The van der Waals surface area contributed by atoms with Crippen LogP contribution in [0.4, 0.5) is 11.4 Å². The molecule has 1 amide bonds. The highest BCUT2D eigenvalue weighted by atomic mass is 79.9. The minimum atomic E-state index is -0.508. The van der Waals surface area contributed by atoms with Gasteiger partial charge in [-0.15, -0.1) is 0 Å². The Bertz CT molecular complexity index is 1080. The van der Waals surface area contributed by atoms with Crippen molar-refractivity contribution in [1.29, 1.82) is 0 Å². The normalized spacial score (nSPS) is 16.2. The molecule has 1 N–H and O–H groups in total. The van der Waals surface area contributed by atoms with Crippen LogP contribution in [0.2, 0.25) is 5.02 Å². The standard InChI is InChI=1S/C19H12BrClN2O3/c20-15-8-14-13(10-5-6-16(21)17(7-10)23(25)26)9-18(24)22-19(14)12-4-2-1-3-11(12)15/h1-8,13H,9H2,(H,22,24). The van der Waals surface area contributed by atoms with Crippen LogP contribution in [0.3, 0.4) is 0 Å². The van der Waals surface area contributed by atoms with Crippen LogP contribution in [-0.2, 0) is 4.79 Å². The van der Waals surface area contributed by atoms with Crippen molar-refractivity contribution in [2.75, 3.05) is 5.32 Å². The van der Waals surface area contributed by atoms with Gasteiger partial charge in [0.05, 0.1) is 10.6 Å². The van der Waals surface area contributed by atoms with Gasteiger partial charge in [-0.25, -0.2) is 0 Å². The van der Waals surface area contributed by atoms with Crippen molar-refractivity contribution in [3.05, 3.63) is 79.3 Å². The largest absolute Gasteiger partial charge is 0.325 e. The number of nitrogens with zero attached hydrogens (tertiary/aromatic N) is 1. The highest BCUT2D eigenvalue weighted by Gasteiger charge is 2.30. The Morgan fingerprint density at radius 1 is 1.15 bits per heavy atom. The molecule has 0 bridgehead atoms. The van der Waals surface area contributed by atoms with E-state index in [9.17, 15) is 14.9 Å². The predicted octanol–water partition coefficient (Wildman–Crippen LogP) is 5.64. The molecule has 3 aromatic rings. The van der Waals surface area contributed by atoms with Crippen LogP contribution in [0.1, 0.15) is 23.5 Å². The first-order chi connectivity index (χ1) is 12.5. The topological polar surface area (TPSA) is 72.2 Å². The number of nitro benzene ring substituents is 1. The molecule has 0 spiro atoms. The molecule has 1 unspecified atom stereocenters. The lowest BCUT2D eigenvalue weighted by Gasteiger charge is -2.28. The van der Waals surface area contributed by atoms with E-state index in [2.05, 4.69) is 21.2 Å². The maximum absolute atomic E-state index is 12.3. The summed E-state index contributed by atoms with van der Waals surface area (Å²) in [6.07, 6.45) is 0.219. The third-order valence-electron chi connectivity index (χ3n) is 4.62. The lowest BCUT2D eigenvalue weighted by molar-refractivity contribution is -0.384. The number of halogens is 2. The lowest BCUT2D eigenvalue weighted by atomic mass is 9.83. The smallest absolute Gasteiger partial charge is 0.288 e. The molecule has 130 valence electrons. The summed E-state index contributed by atoms with van der Waals surface area (Å²) in [6, 6.07) is 14.5. The number of rotatable bonds is 2. The monoisotopic (exact) mass is 430 g/mol. The van der Waals surface area contributed by atoms with Gasteiger partial charge in [0.25, 0.3) is 5.69 Å². The van der Waals surface area contributed by atoms with Crippen molar-refractivity contribution in [1.82, 2.24) is 0 Å². The summed E-state index contributed by atoms with van der Waals surface area (Å²) in [6.45, 7) is 0. The van der Waals surface area contributed by atoms with Gasteiger partial charge in [0.15, 0.2) is 0 Å². The van der Waals surface area contributed by atoms with Gasteiger partial charge in [-0.3, -0.25) is 14.9 Å². The van der Waals surface area contributed by atoms with Gasteiger partial charge < -0.3 is 5.32 Å². The first kappa shape index (κ1) is 17.0. The van der Waals surface area contributed by atoms with Gasteiger partial charge in [-0.05, 0) is 28.6 Å². The Morgan fingerprint density at radius 3 is 2.62 bits per heavy atom. The fourth-order valence-electron chi connectivity index (χ4n) is 3.44. The van der Waals surface area contributed by atoms with Crippen LogP contribution in [0.25, 0.3) is 10.8 Å². The molecule has 0 aliphatic carbocycles. The summed E-state index contributed by atoms with van der Waals surface area (Å²) >= 11 is 9.53. The van der Waals surface area contributed by atoms with Crippen molar-refractivity contribution in [2.45, 2.75) is 12.3 Å². The van der Waals surface area contributed by atoms with Crippen molar-refractivity contribution in [3.63, 3.8) is 0 Å². The first-order valence-electron chi connectivity index (χ1n) is 7.90. The zero-order chi connectivity index (χ0) is 18.4. The fraction of sp³-hybridized carbons (Fsp3) is 0.105. The summed E-state index contributed by atoms with van der Waals surface area (Å²) < 4.78 is 0.913. The van der Waals surface area contributed by atoms with Gasteiger partial charge >= 0.3 is 0 Å². The van der Waals surface area contributed by atoms with E-state index >= 15 is 0 Å². The van der Waals surface area contributed by atoms with Crippen LogP contribution in [-0.4, -0.2) is 10.8 Å². The molecule has 7 heteroatoms. The second-order valence-corrected chi connectivity index (χ2v) is 7.40. The number of nitrogens with one attached hydrogen (secondary N) is 1. The van der Waals surface area contributed by atoms with Gasteiger partial charge in [0.2, 0.25) is 5.91 Å². The third kappa shape index (κ3) is 2.75. The third-order valence-corrected chi connectivity index (χ3v) is 5.60. The highest BCUT2D eigenvalue weighted by Crippen LogP contribution is 2.44. The number of carbonyl (C=O) groups excluding carboxylic acids is 1. The SMILES string of the molecule is O=C1CC(c2ccc(Cl)c([N+](=O)[O-])c2)c2cc(Br)c3ccccc3c2N1. The molecule has 0 radical (unpaired) electrons. The van der Waals surface area contributed by atoms with E-state index < -0.39 is 4.92 Å². The van der Waals surface area contributed by atoms with Crippen molar-refractivity contribution >= 4 is 55.6 Å².